The van der Waals surface area contributed by atoms with Gasteiger partial charge in [-0.2, -0.15) is 0 Å². The minimum atomic E-state index is -1.04. The van der Waals surface area contributed by atoms with Crippen LogP contribution in [0.4, 0.5) is 5.69 Å². The van der Waals surface area contributed by atoms with Crippen LogP contribution >= 0.6 is 22.6 Å². The zero-order chi connectivity index (χ0) is 18.2. The molecular formula is C18H18INO5. The maximum absolute atomic E-state index is 10.7. The molecule has 0 saturated carbocycles. The number of methoxy groups -OCH3 is 1. The molecule has 0 amide bonds. The zero-order valence-electron chi connectivity index (χ0n) is 13.9. The van der Waals surface area contributed by atoms with Crippen LogP contribution in [0.3, 0.4) is 0 Å². The van der Waals surface area contributed by atoms with Crippen molar-refractivity contribution in [1.29, 1.82) is 0 Å². The van der Waals surface area contributed by atoms with E-state index in [1.54, 1.807) is 12.3 Å². The Labute approximate surface area is 159 Å². The van der Waals surface area contributed by atoms with Crippen LogP contribution in [0.2, 0.25) is 0 Å². The van der Waals surface area contributed by atoms with E-state index in [2.05, 4.69) is 27.6 Å². The van der Waals surface area contributed by atoms with Crippen LogP contribution < -0.4 is 14.2 Å². The van der Waals surface area contributed by atoms with E-state index in [4.69, 9.17) is 19.3 Å². The predicted octanol–water partition coefficient (Wildman–Crippen LogP) is 3.91. The number of carbonyl (C=O) groups is 1. The molecule has 0 atom stereocenters. The molecule has 1 N–H and O–H groups in total. The van der Waals surface area contributed by atoms with Crippen LogP contribution in [0.15, 0.2) is 41.4 Å². The fourth-order valence-corrected chi connectivity index (χ4v) is 2.81. The van der Waals surface area contributed by atoms with Crippen molar-refractivity contribution in [3.63, 3.8) is 0 Å². The molecule has 0 heterocycles. The van der Waals surface area contributed by atoms with Gasteiger partial charge in [-0.3, -0.25) is 4.99 Å². The number of nitrogens with zero attached hydrogens (tertiary/aromatic N) is 1. The van der Waals surface area contributed by atoms with Crippen molar-refractivity contribution in [2.75, 3.05) is 20.3 Å². The molecule has 0 aliphatic carbocycles. The van der Waals surface area contributed by atoms with Gasteiger partial charge in [-0.05, 0) is 71.5 Å². The molecular weight excluding hydrogens is 437 g/mol. The van der Waals surface area contributed by atoms with Gasteiger partial charge in [0.05, 0.1) is 23.0 Å². The van der Waals surface area contributed by atoms with Crippen LogP contribution in [0, 0.1) is 3.57 Å². The van der Waals surface area contributed by atoms with Crippen molar-refractivity contribution in [3.05, 3.63) is 45.5 Å². The molecule has 0 aromatic heterocycles. The first-order valence-electron chi connectivity index (χ1n) is 7.52. The van der Waals surface area contributed by atoms with E-state index in [0.29, 0.717) is 18.1 Å². The van der Waals surface area contributed by atoms with Crippen molar-refractivity contribution in [2.45, 2.75) is 6.92 Å². The predicted molar refractivity (Wildman–Crippen MR) is 104 cm³/mol. The van der Waals surface area contributed by atoms with Gasteiger partial charge in [-0.15, -0.1) is 0 Å². The topological polar surface area (TPSA) is 77.4 Å². The van der Waals surface area contributed by atoms with Gasteiger partial charge in [0.2, 0.25) is 0 Å². The summed E-state index contributed by atoms with van der Waals surface area (Å²) < 4.78 is 16.7. The minimum absolute atomic E-state index is 0.406. The first kappa shape index (κ1) is 19.0. The molecule has 0 radical (unpaired) electrons. The highest BCUT2D eigenvalue weighted by Crippen LogP contribution is 2.33. The van der Waals surface area contributed by atoms with E-state index < -0.39 is 12.6 Å². The lowest BCUT2D eigenvalue weighted by atomic mass is 10.2. The monoisotopic (exact) mass is 455 g/mol. The molecule has 0 aliphatic rings. The number of ether oxygens (including phenoxy) is 3. The highest BCUT2D eigenvalue weighted by Gasteiger charge is 2.12. The lowest BCUT2D eigenvalue weighted by Crippen LogP contribution is -2.11. The SMILES string of the molecule is CCOc1ccc(N=Cc2cc(I)c(OCC(=O)O)c(OC)c2)cc1. The molecule has 2 aromatic rings. The van der Waals surface area contributed by atoms with E-state index in [0.717, 1.165) is 20.6 Å². The number of rotatable bonds is 8. The van der Waals surface area contributed by atoms with Crippen molar-refractivity contribution >= 4 is 40.5 Å². The first-order valence-corrected chi connectivity index (χ1v) is 8.60. The standard InChI is InChI=1S/C18H18INO5/c1-3-24-14-6-4-13(5-7-14)20-10-12-8-15(19)18(16(9-12)23-2)25-11-17(21)22/h4-10H,3,11H2,1-2H3,(H,21,22). The van der Waals surface area contributed by atoms with Crippen LogP contribution in [-0.4, -0.2) is 37.6 Å². The Bertz CT molecular complexity index is 759. The van der Waals surface area contributed by atoms with Gasteiger partial charge in [0.15, 0.2) is 18.1 Å². The molecule has 2 rings (SSSR count). The van der Waals surface area contributed by atoms with Crippen LogP contribution in [0.5, 0.6) is 17.2 Å². The number of aliphatic imine (C=N–C) groups is 1. The number of hydrogen-bond acceptors (Lipinski definition) is 5. The third-order valence-electron chi connectivity index (χ3n) is 3.10. The molecule has 6 nitrogen and oxygen atoms in total. The Kier molecular flexibility index (Phi) is 7.05. The molecule has 0 unspecified atom stereocenters. The summed E-state index contributed by atoms with van der Waals surface area (Å²) in [5.41, 5.74) is 1.61. The highest BCUT2D eigenvalue weighted by atomic mass is 127. The second-order valence-electron chi connectivity index (χ2n) is 4.90. The number of benzene rings is 2. The minimum Gasteiger partial charge on any atom is -0.494 e. The maximum Gasteiger partial charge on any atom is 0.341 e. The van der Waals surface area contributed by atoms with Gasteiger partial charge in [-0.1, -0.05) is 0 Å². The van der Waals surface area contributed by atoms with Crippen LogP contribution in [-0.2, 0) is 4.79 Å². The Balaban J connectivity index is 2.18. The van der Waals surface area contributed by atoms with Crippen molar-refractivity contribution < 1.29 is 24.1 Å². The van der Waals surface area contributed by atoms with Gasteiger partial charge in [-0.25, -0.2) is 4.79 Å². The van der Waals surface area contributed by atoms with E-state index in [9.17, 15) is 4.79 Å². The number of carboxylic acid groups (broad SMARTS) is 1. The molecule has 0 saturated heterocycles. The fraction of sp³-hybridized carbons (Fsp3) is 0.222. The highest BCUT2D eigenvalue weighted by molar-refractivity contribution is 14.1. The van der Waals surface area contributed by atoms with E-state index >= 15 is 0 Å². The van der Waals surface area contributed by atoms with Crippen molar-refractivity contribution in [2.24, 2.45) is 4.99 Å². The summed E-state index contributed by atoms with van der Waals surface area (Å²) >= 11 is 2.07. The second kappa shape index (κ2) is 9.26. The van der Waals surface area contributed by atoms with Crippen molar-refractivity contribution in [1.82, 2.24) is 0 Å². The van der Waals surface area contributed by atoms with Gasteiger partial charge in [0, 0.05) is 6.21 Å². The lowest BCUT2D eigenvalue weighted by molar-refractivity contribution is -0.139. The summed E-state index contributed by atoms with van der Waals surface area (Å²) in [6.07, 6.45) is 1.71. The van der Waals surface area contributed by atoms with Gasteiger partial charge < -0.3 is 19.3 Å². The molecule has 2 aromatic carbocycles. The quantitative estimate of drug-likeness (QED) is 0.483. The van der Waals surface area contributed by atoms with Crippen molar-refractivity contribution in [3.8, 4) is 17.2 Å². The van der Waals surface area contributed by atoms with E-state index in [1.807, 2.05) is 37.3 Å². The summed E-state index contributed by atoms with van der Waals surface area (Å²) in [6, 6.07) is 11.1. The molecule has 0 aliphatic heterocycles. The largest absolute Gasteiger partial charge is 0.494 e. The number of carboxylic acids is 1. The second-order valence-corrected chi connectivity index (χ2v) is 6.06. The lowest BCUT2D eigenvalue weighted by Gasteiger charge is -2.12. The summed E-state index contributed by atoms with van der Waals surface area (Å²) in [7, 11) is 1.51. The maximum atomic E-state index is 10.7. The molecule has 0 bridgehead atoms. The molecule has 7 heteroatoms. The van der Waals surface area contributed by atoms with Gasteiger partial charge in [0.25, 0.3) is 0 Å². The Morgan fingerprint density at radius 3 is 2.56 bits per heavy atom. The number of aliphatic carboxylic acids is 1. The third-order valence-corrected chi connectivity index (χ3v) is 3.90. The van der Waals surface area contributed by atoms with Gasteiger partial charge in [0.1, 0.15) is 5.75 Å². The molecule has 0 spiro atoms. The Morgan fingerprint density at radius 2 is 1.96 bits per heavy atom. The average Bonchev–Trinajstić information content (AvgIpc) is 2.59. The smallest absolute Gasteiger partial charge is 0.341 e. The first-order chi connectivity index (χ1) is 12.0. The normalized spacial score (nSPS) is 10.7. The third kappa shape index (κ3) is 5.63. The number of halogens is 1. The Hall–Kier alpha value is -2.29. The fourth-order valence-electron chi connectivity index (χ4n) is 2.03. The summed E-state index contributed by atoms with van der Waals surface area (Å²) in [4.78, 5) is 15.1. The summed E-state index contributed by atoms with van der Waals surface area (Å²) in [5, 5.41) is 8.75. The molecule has 132 valence electrons. The van der Waals surface area contributed by atoms with E-state index in [1.165, 1.54) is 7.11 Å². The summed E-state index contributed by atoms with van der Waals surface area (Å²) in [5.74, 6) is 0.626. The average molecular weight is 455 g/mol. The Morgan fingerprint density at radius 1 is 1.24 bits per heavy atom. The zero-order valence-corrected chi connectivity index (χ0v) is 16.0. The number of hydrogen-bond donors (Lipinski definition) is 1. The molecule has 0 fully saturated rings. The van der Waals surface area contributed by atoms with Crippen LogP contribution in [0.25, 0.3) is 0 Å². The van der Waals surface area contributed by atoms with E-state index in [-0.39, 0.29) is 0 Å². The summed E-state index contributed by atoms with van der Waals surface area (Å²) in [6.45, 7) is 2.13. The van der Waals surface area contributed by atoms with Gasteiger partial charge >= 0.3 is 5.97 Å². The molecule has 25 heavy (non-hydrogen) atoms. The van der Waals surface area contributed by atoms with Crippen LogP contribution in [0.1, 0.15) is 12.5 Å².